The summed E-state index contributed by atoms with van der Waals surface area (Å²) in [6, 6.07) is 15.7. The van der Waals surface area contributed by atoms with Gasteiger partial charge in [0.15, 0.2) is 5.16 Å². The van der Waals surface area contributed by atoms with Gasteiger partial charge in [0.25, 0.3) is 5.56 Å². The van der Waals surface area contributed by atoms with Crippen molar-refractivity contribution in [3.8, 4) is 11.1 Å². The molecule has 0 aliphatic rings. The first-order valence-electron chi connectivity index (χ1n) is 10.2. The van der Waals surface area contributed by atoms with E-state index in [-0.39, 0.29) is 11.5 Å². The number of carbonyl (C=O) groups excluding carboxylic acids is 1. The van der Waals surface area contributed by atoms with E-state index in [9.17, 15) is 9.59 Å². The van der Waals surface area contributed by atoms with Crippen LogP contribution in [0.3, 0.4) is 0 Å². The van der Waals surface area contributed by atoms with Crippen molar-refractivity contribution in [1.29, 1.82) is 0 Å². The third-order valence-electron chi connectivity index (χ3n) is 5.08. The van der Waals surface area contributed by atoms with Crippen LogP contribution in [0.15, 0.2) is 68.3 Å². The maximum Gasteiger partial charge on any atom is 0.260 e. The van der Waals surface area contributed by atoms with Crippen molar-refractivity contribution < 1.29 is 4.79 Å². The number of anilines is 1. The normalized spacial score (nSPS) is 12.3. The molecular formula is C24H22BrN3O2S2. The van der Waals surface area contributed by atoms with Gasteiger partial charge in [-0.25, -0.2) is 4.98 Å². The minimum atomic E-state index is -0.428. The van der Waals surface area contributed by atoms with Crippen LogP contribution in [-0.2, 0) is 4.79 Å². The second kappa shape index (κ2) is 9.60. The van der Waals surface area contributed by atoms with Gasteiger partial charge >= 0.3 is 0 Å². The number of halogens is 1. The zero-order chi connectivity index (χ0) is 22.8. The summed E-state index contributed by atoms with van der Waals surface area (Å²) in [4.78, 5) is 33.6. The van der Waals surface area contributed by atoms with E-state index >= 15 is 0 Å². The van der Waals surface area contributed by atoms with Crippen LogP contribution in [0.4, 0.5) is 5.69 Å². The van der Waals surface area contributed by atoms with Gasteiger partial charge in [-0.05, 0) is 48.2 Å². The first-order valence-corrected chi connectivity index (χ1v) is 12.7. The van der Waals surface area contributed by atoms with Crippen molar-refractivity contribution in [2.75, 3.05) is 5.32 Å². The Kier molecular flexibility index (Phi) is 6.83. The summed E-state index contributed by atoms with van der Waals surface area (Å²) in [7, 11) is 0. The zero-order valence-electron chi connectivity index (χ0n) is 17.8. The number of aromatic nitrogens is 2. The SMILES string of the molecule is CC(Sc1nc2scc(-c3ccc(C(C)C)cc3)c2c(=O)[nH]1)C(=O)Nc1ccc(Br)cc1. The number of hydrogen-bond donors (Lipinski definition) is 2. The summed E-state index contributed by atoms with van der Waals surface area (Å²) in [6.07, 6.45) is 0. The molecule has 4 aromatic rings. The van der Waals surface area contributed by atoms with Crippen LogP contribution in [-0.4, -0.2) is 21.1 Å². The summed E-state index contributed by atoms with van der Waals surface area (Å²) < 4.78 is 0.944. The molecule has 0 bridgehead atoms. The highest BCUT2D eigenvalue weighted by Crippen LogP contribution is 2.33. The number of carbonyl (C=O) groups is 1. The van der Waals surface area contributed by atoms with Gasteiger partial charge in [0.1, 0.15) is 4.83 Å². The number of thioether (sulfide) groups is 1. The minimum Gasteiger partial charge on any atom is -0.325 e. The molecule has 0 radical (unpaired) electrons. The summed E-state index contributed by atoms with van der Waals surface area (Å²) in [6.45, 7) is 6.10. The number of hydrogen-bond acceptors (Lipinski definition) is 5. The molecular weight excluding hydrogens is 506 g/mol. The molecule has 5 nitrogen and oxygen atoms in total. The summed E-state index contributed by atoms with van der Waals surface area (Å²) in [5, 5.41) is 5.44. The predicted octanol–water partition coefficient (Wildman–Crippen LogP) is 6.66. The highest BCUT2D eigenvalue weighted by Gasteiger charge is 2.19. The van der Waals surface area contributed by atoms with Crippen LogP contribution in [0.1, 0.15) is 32.3 Å². The molecule has 0 aliphatic heterocycles. The Morgan fingerprint density at radius 2 is 1.78 bits per heavy atom. The Labute approximate surface area is 202 Å². The second-order valence-corrected chi connectivity index (χ2v) is 10.8. The molecule has 2 N–H and O–H groups in total. The van der Waals surface area contributed by atoms with Crippen molar-refractivity contribution in [2.24, 2.45) is 0 Å². The van der Waals surface area contributed by atoms with E-state index < -0.39 is 5.25 Å². The van der Waals surface area contributed by atoms with Gasteiger partial charge in [-0.2, -0.15) is 0 Å². The molecule has 2 heterocycles. The Morgan fingerprint density at radius 3 is 2.44 bits per heavy atom. The van der Waals surface area contributed by atoms with Gasteiger partial charge in [0, 0.05) is 21.1 Å². The lowest BCUT2D eigenvalue weighted by Crippen LogP contribution is -2.23. The fourth-order valence-electron chi connectivity index (χ4n) is 3.24. The number of thiophene rings is 1. The van der Waals surface area contributed by atoms with E-state index in [2.05, 4.69) is 57.2 Å². The van der Waals surface area contributed by atoms with Crippen molar-refractivity contribution in [2.45, 2.75) is 37.1 Å². The number of nitrogens with one attached hydrogen (secondary N) is 2. The number of H-pyrrole nitrogens is 1. The number of amides is 1. The minimum absolute atomic E-state index is 0.155. The first-order chi connectivity index (χ1) is 15.3. The fraction of sp³-hybridized carbons (Fsp3) is 0.208. The van der Waals surface area contributed by atoms with Crippen molar-refractivity contribution >= 4 is 60.8 Å². The van der Waals surface area contributed by atoms with E-state index in [0.717, 1.165) is 15.6 Å². The molecule has 0 spiro atoms. The zero-order valence-corrected chi connectivity index (χ0v) is 21.0. The maximum atomic E-state index is 12.9. The molecule has 1 atom stereocenters. The lowest BCUT2D eigenvalue weighted by molar-refractivity contribution is -0.115. The summed E-state index contributed by atoms with van der Waals surface area (Å²) >= 11 is 6.05. The Balaban J connectivity index is 1.54. The van der Waals surface area contributed by atoms with E-state index in [1.54, 1.807) is 6.92 Å². The van der Waals surface area contributed by atoms with E-state index in [1.807, 2.05) is 41.8 Å². The second-order valence-electron chi connectivity index (χ2n) is 7.73. The fourth-order valence-corrected chi connectivity index (χ4v) is 5.31. The lowest BCUT2D eigenvalue weighted by Gasteiger charge is -2.11. The van der Waals surface area contributed by atoms with Crippen LogP contribution in [0.5, 0.6) is 0 Å². The number of fused-ring (bicyclic) bond motifs is 1. The third kappa shape index (κ3) is 4.98. The predicted molar refractivity (Wildman–Crippen MR) is 138 cm³/mol. The van der Waals surface area contributed by atoms with Crippen molar-refractivity contribution in [1.82, 2.24) is 9.97 Å². The van der Waals surface area contributed by atoms with Gasteiger partial charge in [-0.3, -0.25) is 9.59 Å². The van der Waals surface area contributed by atoms with Crippen LogP contribution in [0, 0.1) is 0 Å². The number of benzene rings is 2. The van der Waals surface area contributed by atoms with Crippen molar-refractivity contribution in [3.05, 3.63) is 74.3 Å². The lowest BCUT2D eigenvalue weighted by atomic mass is 9.99. The van der Waals surface area contributed by atoms with E-state index in [0.29, 0.717) is 27.0 Å². The largest absolute Gasteiger partial charge is 0.325 e. The monoisotopic (exact) mass is 527 g/mol. The van der Waals surface area contributed by atoms with E-state index in [4.69, 9.17) is 0 Å². The number of aromatic amines is 1. The van der Waals surface area contributed by atoms with Crippen LogP contribution >= 0.6 is 39.0 Å². The number of rotatable bonds is 6. The first kappa shape index (κ1) is 22.8. The van der Waals surface area contributed by atoms with Gasteiger partial charge in [-0.15, -0.1) is 11.3 Å². The average molecular weight is 528 g/mol. The van der Waals surface area contributed by atoms with Crippen LogP contribution < -0.4 is 10.9 Å². The van der Waals surface area contributed by atoms with Crippen LogP contribution in [0.2, 0.25) is 0 Å². The van der Waals surface area contributed by atoms with Crippen LogP contribution in [0.25, 0.3) is 21.3 Å². The molecule has 164 valence electrons. The topological polar surface area (TPSA) is 74.8 Å². The highest BCUT2D eigenvalue weighted by atomic mass is 79.9. The molecule has 0 saturated carbocycles. The molecule has 0 aliphatic carbocycles. The standard InChI is InChI=1S/C24H22BrN3O2S2/c1-13(2)15-4-6-16(7-5-15)19-12-31-23-20(19)22(30)27-24(28-23)32-14(3)21(29)26-18-10-8-17(25)9-11-18/h4-14H,1-3H3,(H,26,29)(H,27,28,30). The van der Waals surface area contributed by atoms with Gasteiger partial charge < -0.3 is 10.3 Å². The molecule has 1 amide bonds. The molecule has 2 aromatic carbocycles. The quantitative estimate of drug-likeness (QED) is 0.217. The maximum absolute atomic E-state index is 12.9. The molecule has 32 heavy (non-hydrogen) atoms. The Bertz CT molecular complexity index is 1310. The smallest absolute Gasteiger partial charge is 0.260 e. The Morgan fingerprint density at radius 1 is 1.09 bits per heavy atom. The van der Waals surface area contributed by atoms with Gasteiger partial charge in [-0.1, -0.05) is 65.8 Å². The van der Waals surface area contributed by atoms with Crippen molar-refractivity contribution in [3.63, 3.8) is 0 Å². The third-order valence-corrected chi connectivity index (χ3v) is 7.47. The molecule has 0 fully saturated rings. The molecule has 2 aromatic heterocycles. The summed E-state index contributed by atoms with van der Waals surface area (Å²) in [5.41, 5.74) is 3.66. The molecule has 4 rings (SSSR count). The highest BCUT2D eigenvalue weighted by molar-refractivity contribution is 9.10. The van der Waals surface area contributed by atoms with E-state index in [1.165, 1.54) is 28.7 Å². The van der Waals surface area contributed by atoms with Gasteiger partial charge in [0.05, 0.1) is 10.6 Å². The van der Waals surface area contributed by atoms with Gasteiger partial charge in [0.2, 0.25) is 5.91 Å². The number of nitrogens with zero attached hydrogens (tertiary/aromatic N) is 1. The average Bonchev–Trinajstić information content (AvgIpc) is 3.20. The molecule has 8 heteroatoms. The summed E-state index contributed by atoms with van der Waals surface area (Å²) in [5.74, 6) is 0.299. The molecule has 0 saturated heterocycles. The Hall–Kier alpha value is -2.42. The molecule has 1 unspecified atom stereocenters.